The van der Waals surface area contributed by atoms with Crippen molar-refractivity contribution in [2.75, 3.05) is 33.4 Å². The van der Waals surface area contributed by atoms with Crippen molar-refractivity contribution in [3.05, 3.63) is 59.2 Å². The summed E-state index contributed by atoms with van der Waals surface area (Å²) in [5, 5.41) is 21.4. The number of phenols is 1. The molecule has 10 nitrogen and oxygen atoms in total. The van der Waals surface area contributed by atoms with Gasteiger partial charge in [0.05, 0.1) is 29.7 Å². The van der Waals surface area contributed by atoms with Crippen molar-refractivity contribution in [1.82, 2.24) is 9.21 Å². The predicted molar refractivity (Wildman–Crippen MR) is 137 cm³/mol. The number of hydrogen-bond donors (Lipinski definition) is 2. The number of carbonyl (C=O) groups is 2. The zero-order chi connectivity index (χ0) is 27.0. The Kier molecular flexibility index (Phi) is 7.17. The van der Waals surface area contributed by atoms with Crippen LogP contribution < -0.4 is 4.74 Å². The van der Waals surface area contributed by atoms with Crippen LogP contribution in [0.2, 0.25) is 0 Å². The third kappa shape index (κ3) is 4.65. The quantitative estimate of drug-likeness (QED) is 0.310. The van der Waals surface area contributed by atoms with Gasteiger partial charge in [0.15, 0.2) is 11.5 Å². The van der Waals surface area contributed by atoms with Gasteiger partial charge in [-0.15, -0.1) is 0 Å². The summed E-state index contributed by atoms with van der Waals surface area (Å²) in [5.74, 6) is -2.00. The maximum Gasteiger partial charge on any atom is 0.295 e. The van der Waals surface area contributed by atoms with Crippen LogP contribution in [0.1, 0.15) is 42.9 Å². The van der Waals surface area contributed by atoms with Crippen molar-refractivity contribution in [3.8, 4) is 11.5 Å². The van der Waals surface area contributed by atoms with E-state index in [1.807, 2.05) is 0 Å². The van der Waals surface area contributed by atoms with Gasteiger partial charge < -0.3 is 24.6 Å². The van der Waals surface area contributed by atoms with Crippen molar-refractivity contribution < 1.29 is 37.7 Å². The van der Waals surface area contributed by atoms with Crippen LogP contribution in [0.5, 0.6) is 11.5 Å². The normalized spacial score (nSPS) is 23.9. The first-order valence-electron chi connectivity index (χ1n) is 12.6. The molecule has 3 aliphatic rings. The second-order valence-electron chi connectivity index (χ2n) is 9.65. The minimum atomic E-state index is -3.65. The lowest BCUT2D eigenvalue weighted by atomic mass is 9.95. The van der Waals surface area contributed by atoms with E-state index in [9.17, 15) is 28.2 Å². The van der Waals surface area contributed by atoms with E-state index in [0.717, 1.165) is 25.7 Å². The van der Waals surface area contributed by atoms with E-state index in [4.69, 9.17) is 9.47 Å². The molecular formula is C27H30N2O8S. The average molecular weight is 543 g/mol. The Morgan fingerprint density at radius 2 is 1.79 bits per heavy atom. The number of phenolic OH excluding ortho intramolecular Hbond substituents is 1. The minimum absolute atomic E-state index is 0.0922. The third-order valence-electron chi connectivity index (χ3n) is 7.31. The molecule has 1 amide bonds. The number of benzene rings is 2. The molecule has 3 saturated heterocycles. The lowest BCUT2D eigenvalue weighted by Gasteiger charge is -2.27. The fourth-order valence-electron chi connectivity index (χ4n) is 5.30. The van der Waals surface area contributed by atoms with Gasteiger partial charge in [-0.25, -0.2) is 8.42 Å². The molecule has 3 heterocycles. The maximum absolute atomic E-state index is 13.3. The largest absolute Gasteiger partial charge is 0.507 e. The lowest BCUT2D eigenvalue weighted by Crippen LogP contribution is -2.36. The van der Waals surface area contributed by atoms with Gasteiger partial charge in [0.1, 0.15) is 5.76 Å². The molecule has 38 heavy (non-hydrogen) atoms. The molecule has 3 aliphatic heterocycles. The molecule has 2 unspecified atom stereocenters. The summed E-state index contributed by atoms with van der Waals surface area (Å²) in [4.78, 5) is 27.9. The van der Waals surface area contributed by atoms with Crippen molar-refractivity contribution >= 4 is 27.5 Å². The number of sulfonamides is 1. The van der Waals surface area contributed by atoms with Gasteiger partial charge in [0, 0.05) is 31.8 Å². The van der Waals surface area contributed by atoms with E-state index < -0.39 is 33.5 Å². The molecule has 0 bridgehead atoms. The summed E-state index contributed by atoms with van der Waals surface area (Å²) < 4.78 is 38.2. The zero-order valence-corrected chi connectivity index (χ0v) is 21.8. The number of ether oxygens (including phenoxy) is 2. The summed E-state index contributed by atoms with van der Waals surface area (Å²) in [6, 6.07) is 9.18. The van der Waals surface area contributed by atoms with Crippen LogP contribution in [-0.4, -0.2) is 79.0 Å². The molecule has 202 valence electrons. The van der Waals surface area contributed by atoms with E-state index in [1.165, 1.54) is 52.7 Å². The molecular weight excluding hydrogens is 512 g/mol. The van der Waals surface area contributed by atoms with E-state index in [2.05, 4.69) is 0 Å². The molecule has 2 aromatic rings. The molecule has 3 fully saturated rings. The first-order valence-corrected chi connectivity index (χ1v) is 14.0. The summed E-state index contributed by atoms with van der Waals surface area (Å²) in [7, 11) is -2.26. The molecule has 0 radical (unpaired) electrons. The highest BCUT2D eigenvalue weighted by Gasteiger charge is 2.47. The van der Waals surface area contributed by atoms with Crippen LogP contribution in [0, 0.1) is 0 Å². The summed E-state index contributed by atoms with van der Waals surface area (Å²) in [6.07, 6.45) is 2.96. The van der Waals surface area contributed by atoms with E-state index in [0.29, 0.717) is 25.3 Å². The highest BCUT2D eigenvalue weighted by molar-refractivity contribution is 7.89. The smallest absolute Gasteiger partial charge is 0.295 e. The number of carbonyl (C=O) groups excluding carboxylic acids is 2. The molecule has 0 spiro atoms. The summed E-state index contributed by atoms with van der Waals surface area (Å²) in [5.41, 5.74) is 0.541. The highest BCUT2D eigenvalue weighted by Crippen LogP contribution is 2.42. The van der Waals surface area contributed by atoms with Crippen LogP contribution in [0.25, 0.3) is 5.76 Å². The number of amides is 1. The number of Topliss-reactive ketones (excluding diaryl/α,β-unsaturated/α-hetero) is 1. The Morgan fingerprint density at radius 3 is 2.42 bits per heavy atom. The van der Waals surface area contributed by atoms with Crippen LogP contribution in [0.15, 0.2) is 52.9 Å². The standard InChI is InChI=1S/C27H30N2O8S/c1-36-22-15-18(8-11-21(22)30)24-23(26(32)27(33)29(24)16-19-5-4-14-37-19)25(31)17-6-9-20(10-7-17)38(34,35)28-12-2-3-13-28/h6-11,15,19,24,30-31H,2-5,12-14,16H2,1H3/b25-23-. The Balaban J connectivity index is 1.56. The fourth-order valence-corrected chi connectivity index (χ4v) is 6.82. The van der Waals surface area contributed by atoms with Crippen molar-refractivity contribution in [1.29, 1.82) is 0 Å². The van der Waals surface area contributed by atoms with Gasteiger partial charge in [-0.2, -0.15) is 4.31 Å². The second kappa shape index (κ2) is 10.4. The molecule has 0 aromatic heterocycles. The topological polar surface area (TPSA) is 134 Å². The first kappa shape index (κ1) is 26.2. The molecule has 2 aromatic carbocycles. The maximum atomic E-state index is 13.3. The predicted octanol–water partition coefficient (Wildman–Crippen LogP) is 2.79. The zero-order valence-electron chi connectivity index (χ0n) is 21.0. The summed E-state index contributed by atoms with van der Waals surface area (Å²) in [6.45, 7) is 1.66. The first-order chi connectivity index (χ1) is 18.2. The molecule has 0 aliphatic carbocycles. The monoisotopic (exact) mass is 542 g/mol. The molecule has 5 rings (SSSR count). The number of ketones is 1. The third-order valence-corrected chi connectivity index (χ3v) is 9.23. The molecule has 0 saturated carbocycles. The lowest BCUT2D eigenvalue weighted by molar-refractivity contribution is -0.140. The Morgan fingerprint density at radius 1 is 1.08 bits per heavy atom. The van der Waals surface area contributed by atoms with Gasteiger partial charge >= 0.3 is 0 Å². The van der Waals surface area contributed by atoms with E-state index >= 15 is 0 Å². The number of nitrogens with zero attached hydrogens (tertiary/aromatic N) is 2. The van der Waals surface area contributed by atoms with Crippen LogP contribution in [0.4, 0.5) is 0 Å². The molecule has 2 N–H and O–H groups in total. The Bertz CT molecular complexity index is 1370. The van der Waals surface area contributed by atoms with Crippen molar-refractivity contribution in [2.24, 2.45) is 0 Å². The summed E-state index contributed by atoms with van der Waals surface area (Å²) >= 11 is 0. The molecule has 2 atom stereocenters. The van der Waals surface area contributed by atoms with Gasteiger partial charge in [-0.3, -0.25) is 9.59 Å². The average Bonchev–Trinajstić information content (AvgIpc) is 3.69. The van der Waals surface area contributed by atoms with Crippen LogP contribution in [-0.2, 0) is 24.3 Å². The number of aromatic hydroxyl groups is 1. The number of aliphatic hydroxyl groups is 1. The Labute approximate surface area is 221 Å². The number of likely N-dealkylation sites (tertiary alicyclic amines) is 1. The number of aliphatic hydroxyl groups excluding tert-OH is 1. The SMILES string of the molecule is COc1cc(C2/C(=C(/O)c3ccc(S(=O)(=O)N4CCCC4)cc3)C(=O)C(=O)N2CC2CCCO2)ccc1O. The van der Waals surface area contributed by atoms with Crippen LogP contribution in [0.3, 0.4) is 0 Å². The van der Waals surface area contributed by atoms with Gasteiger partial charge in [-0.1, -0.05) is 6.07 Å². The number of hydrogen-bond acceptors (Lipinski definition) is 8. The van der Waals surface area contributed by atoms with E-state index in [-0.39, 0.29) is 40.2 Å². The fraction of sp³-hybridized carbons (Fsp3) is 0.407. The van der Waals surface area contributed by atoms with E-state index in [1.54, 1.807) is 6.07 Å². The molecule has 11 heteroatoms. The highest BCUT2D eigenvalue weighted by atomic mass is 32.2. The van der Waals surface area contributed by atoms with Crippen molar-refractivity contribution in [2.45, 2.75) is 42.7 Å². The Hall–Kier alpha value is -3.41. The van der Waals surface area contributed by atoms with Gasteiger partial charge in [-0.05, 0) is 67.6 Å². The minimum Gasteiger partial charge on any atom is -0.507 e. The van der Waals surface area contributed by atoms with Gasteiger partial charge in [0.25, 0.3) is 11.7 Å². The number of methoxy groups -OCH3 is 1. The second-order valence-corrected chi connectivity index (χ2v) is 11.6. The number of rotatable bonds is 7. The van der Waals surface area contributed by atoms with Gasteiger partial charge in [0.2, 0.25) is 10.0 Å². The van der Waals surface area contributed by atoms with Crippen molar-refractivity contribution in [3.63, 3.8) is 0 Å². The van der Waals surface area contributed by atoms with Crippen LogP contribution >= 0.6 is 0 Å².